The number of amides is 2. The first kappa shape index (κ1) is 27.6. The van der Waals surface area contributed by atoms with Crippen LogP contribution in [-0.4, -0.2) is 50.5 Å². The summed E-state index contributed by atoms with van der Waals surface area (Å²) in [6.07, 6.45) is 2.03. The summed E-state index contributed by atoms with van der Waals surface area (Å²) in [4.78, 5) is 27.0. The van der Waals surface area contributed by atoms with Gasteiger partial charge in [0.15, 0.2) is 0 Å². The largest absolute Gasteiger partial charge is 0.354 e. The lowest BCUT2D eigenvalue weighted by Gasteiger charge is -2.29. The number of hydrogen-bond donors (Lipinski definition) is 1. The minimum absolute atomic E-state index is 0.0144. The van der Waals surface area contributed by atoms with Crippen LogP contribution < -0.4 is 9.62 Å². The highest BCUT2D eigenvalue weighted by molar-refractivity contribution is 7.92. The molecule has 186 valence electrons. The van der Waals surface area contributed by atoms with Crippen molar-refractivity contribution in [1.82, 2.24) is 10.2 Å². The SMILES string of the molecule is CCCNC(=O)[C@@H](C)N(Cc1ccccc1F)C(=O)CCCN(c1ccc(Cl)cc1)S(C)(=O)=O. The topological polar surface area (TPSA) is 86.8 Å². The molecule has 0 aromatic heterocycles. The summed E-state index contributed by atoms with van der Waals surface area (Å²) < 4.78 is 40.1. The van der Waals surface area contributed by atoms with Gasteiger partial charge in [-0.05, 0) is 50.1 Å². The van der Waals surface area contributed by atoms with Gasteiger partial charge in [-0.3, -0.25) is 13.9 Å². The zero-order valence-corrected chi connectivity index (χ0v) is 21.2. The number of benzene rings is 2. The number of rotatable bonds is 12. The molecule has 0 heterocycles. The van der Waals surface area contributed by atoms with Gasteiger partial charge in [0.2, 0.25) is 21.8 Å². The summed E-state index contributed by atoms with van der Waals surface area (Å²) in [6.45, 7) is 3.98. The lowest BCUT2D eigenvalue weighted by Crippen LogP contribution is -2.48. The molecule has 0 aliphatic heterocycles. The van der Waals surface area contributed by atoms with Crippen LogP contribution in [0.25, 0.3) is 0 Å². The zero-order valence-electron chi connectivity index (χ0n) is 19.6. The van der Waals surface area contributed by atoms with E-state index in [1.807, 2.05) is 6.92 Å². The molecule has 0 aliphatic rings. The third-order valence-corrected chi connectivity index (χ3v) is 6.73. The Bertz CT molecular complexity index is 1080. The molecule has 0 spiro atoms. The Morgan fingerprint density at radius 2 is 1.76 bits per heavy atom. The minimum Gasteiger partial charge on any atom is -0.354 e. The Hall–Kier alpha value is -2.65. The first-order chi connectivity index (χ1) is 16.0. The number of carbonyl (C=O) groups excluding carboxylic acids is 2. The fourth-order valence-corrected chi connectivity index (χ4v) is 4.49. The number of carbonyl (C=O) groups is 2. The van der Waals surface area contributed by atoms with Crippen LogP contribution in [-0.2, 0) is 26.2 Å². The van der Waals surface area contributed by atoms with Crippen LogP contribution in [0.3, 0.4) is 0 Å². The van der Waals surface area contributed by atoms with Crippen molar-refractivity contribution in [3.05, 3.63) is 64.9 Å². The number of nitrogens with one attached hydrogen (secondary N) is 1. The molecule has 10 heteroatoms. The van der Waals surface area contributed by atoms with E-state index in [1.165, 1.54) is 15.3 Å². The maximum atomic E-state index is 14.3. The Morgan fingerprint density at radius 1 is 1.12 bits per heavy atom. The molecule has 0 fully saturated rings. The molecule has 2 aromatic rings. The van der Waals surface area contributed by atoms with Crippen molar-refractivity contribution in [3.8, 4) is 0 Å². The monoisotopic (exact) mass is 511 g/mol. The Kier molecular flexibility index (Phi) is 10.3. The second kappa shape index (κ2) is 12.7. The summed E-state index contributed by atoms with van der Waals surface area (Å²) in [5.41, 5.74) is 0.736. The maximum absolute atomic E-state index is 14.3. The van der Waals surface area contributed by atoms with Gasteiger partial charge in [0.05, 0.1) is 11.9 Å². The fraction of sp³-hybridized carbons (Fsp3) is 0.417. The van der Waals surface area contributed by atoms with Crippen LogP contribution in [0, 0.1) is 5.82 Å². The molecule has 1 N–H and O–H groups in total. The van der Waals surface area contributed by atoms with E-state index in [1.54, 1.807) is 49.4 Å². The van der Waals surface area contributed by atoms with Crippen molar-refractivity contribution in [1.29, 1.82) is 0 Å². The molecular weight excluding hydrogens is 481 g/mol. The molecule has 1 atom stereocenters. The fourth-order valence-electron chi connectivity index (χ4n) is 3.40. The van der Waals surface area contributed by atoms with Crippen LogP contribution in [0.5, 0.6) is 0 Å². The van der Waals surface area contributed by atoms with E-state index in [4.69, 9.17) is 11.6 Å². The van der Waals surface area contributed by atoms with Gasteiger partial charge in [0.25, 0.3) is 0 Å². The van der Waals surface area contributed by atoms with Crippen molar-refractivity contribution in [2.75, 3.05) is 23.7 Å². The van der Waals surface area contributed by atoms with Gasteiger partial charge >= 0.3 is 0 Å². The molecular formula is C24H31ClFN3O4S. The minimum atomic E-state index is -3.59. The van der Waals surface area contributed by atoms with E-state index in [9.17, 15) is 22.4 Å². The highest BCUT2D eigenvalue weighted by Gasteiger charge is 2.27. The smallest absolute Gasteiger partial charge is 0.242 e. The molecule has 34 heavy (non-hydrogen) atoms. The van der Waals surface area contributed by atoms with E-state index >= 15 is 0 Å². The molecule has 2 rings (SSSR count). The summed E-state index contributed by atoms with van der Waals surface area (Å²) in [5, 5.41) is 3.24. The first-order valence-electron chi connectivity index (χ1n) is 11.1. The third kappa shape index (κ3) is 7.99. The van der Waals surface area contributed by atoms with Gasteiger partial charge in [-0.15, -0.1) is 0 Å². The molecule has 2 amide bonds. The summed E-state index contributed by atoms with van der Waals surface area (Å²) in [5.74, 6) is -1.16. The Morgan fingerprint density at radius 3 is 2.35 bits per heavy atom. The van der Waals surface area contributed by atoms with E-state index in [0.29, 0.717) is 22.8 Å². The van der Waals surface area contributed by atoms with Gasteiger partial charge < -0.3 is 10.2 Å². The second-order valence-electron chi connectivity index (χ2n) is 8.00. The quantitative estimate of drug-likeness (QED) is 0.467. The number of hydrogen-bond acceptors (Lipinski definition) is 4. The molecule has 7 nitrogen and oxygen atoms in total. The predicted molar refractivity (Wildman–Crippen MR) is 133 cm³/mol. The average Bonchev–Trinajstić information content (AvgIpc) is 2.79. The second-order valence-corrected chi connectivity index (χ2v) is 10.3. The number of halogens is 2. The molecule has 0 saturated carbocycles. The molecule has 0 bridgehead atoms. The Labute approximate surface area is 205 Å². The molecule has 2 aromatic carbocycles. The normalized spacial score (nSPS) is 12.1. The summed E-state index contributed by atoms with van der Waals surface area (Å²) >= 11 is 5.90. The maximum Gasteiger partial charge on any atom is 0.242 e. The molecule has 0 radical (unpaired) electrons. The van der Waals surface area contributed by atoms with Crippen molar-refractivity contribution >= 4 is 39.1 Å². The van der Waals surface area contributed by atoms with E-state index in [2.05, 4.69) is 5.32 Å². The standard InChI is InChI=1S/C24H31ClFN3O4S/c1-4-15-27-24(31)18(2)28(17-19-8-5-6-9-22(19)26)23(30)10-7-16-29(34(3,32)33)21-13-11-20(25)12-14-21/h5-6,8-9,11-14,18H,4,7,10,15-17H2,1-3H3,(H,27,31)/t18-/m1/s1. The lowest BCUT2D eigenvalue weighted by molar-refractivity contribution is -0.140. The third-order valence-electron chi connectivity index (χ3n) is 5.28. The van der Waals surface area contributed by atoms with Crippen LogP contribution in [0.2, 0.25) is 5.02 Å². The summed E-state index contributed by atoms with van der Waals surface area (Å²) in [7, 11) is -3.59. The Balaban J connectivity index is 2.15. The van der Waals surface area contributed by atoms with Crippen LogP contribution in [0.4, 0.5) is 10.1 Å². The molecule has 0 aliphatic carbocycles. The van der Waals surface area contributed by atoms with Crippen LogP contribution in [0.15, 0.2) is 48.5 Å². The number of nitrogens with zero attached hydrogens (tertiary/aromatic N) is 2. The van der Waals surface area contributed by atoms with Crippen molar-refractivity contribution < 1.29 is 22.4 Å². The number of sulfonamides is 1. The summed E-state index contributed by atoms with van der Waals surface area (Å²) in [6, 6.07) is 11.6. The first-order valence-corrected chi connectivity index (χ1v) is 13.3. The van der Waals surface area contributed by atoms with Crippen molar-refractivity contribution in [2.24, 2.45) is 0 Å². The molecule has 0 unspecified atom stereocenters. The highest BCUT2D eigenvalue weighted by Crippen LogP contribution is 2.21. The highest BCUT2D eigenvalue weighted by atomic mass is 35.5. The van der Waals surface area contributed by atoms with E-state index < -0.39 is 21.9 Å². The number of anilines is 1. The van der Waals surface area contributed by atoms with E-state index in [0.717, 1.165) is 12.7 Å². The van der Waals surface area contributed by atoms with Gasteiger partial charge in [-0.1, -0.05) is 36.7 Å². The van der Waals surface area contributed by atoms with Gasteiger partial charge in [-0.2, -0.15) is 0 Å². The van der Waals surface area contributed by atoms with Crippen molar-refractivity contribution in [2.45, 2.75) is 45.7 Å². The van der Waals surface area contributed by atoms with Gasteiger partial charge in [0, 0.05) is 36.6 Å². The average molecular weight is 512 g/mol. The van der Waals surface area contributed by atoms with Crippen LogP contribution >= 0.6 is 11.6 Å². The van der Waals surface area contributed by atoms with E-state index in [-0.39, 0.29) is 37.7 Å². The van der Waals surface area contributed by atoms with Crippen LogP contribution in [0.1, 0.15) is 38.7 Å². The lowest BCUT2D eigenvalue weighted by atomic mass is 10.1. The predicted octanol–water partition coefficient (Wildman–Crippen LogP) is 3.97. The molecule has 0 saturated heterocycles. The van der Waals surface area contributed by atoms with Gasteiger partial charge in [-0.25, -0.2) is 12.8 Å². The van der Waals surface area contributed by atoms with Crippen molar-refractivity contribution in [3.63, 3.8) is 0 Å². The van der Waals surface area contributed by atoms with Gasteiger partial charge in [0.1, 0.15) is 11.9 Å². The zero-order chi connectivity index (χ0) is 25.3.